The van der Waals surface area contributed by atoms with Crippen molar-refractivity contribution in [2.75, 3.05) is 73.1 Å². The zero-order chi connectivity index (χ0) is 18.1. The van der Waals surface area contributed by atoms with Crippen molar-refractivity contribution in [2.45, 2.75) is 26.2 Å². The number of rotatable bonds is 6. The molecular weight excluding hydrogens is 318 g/mol. The van der Waals surface area contributed by atoms with Crippen LogP contribution in [0.15, 0.2) is 4.99 Å². The highest BCUT2D eigenvalue weighted by molar-refractivity contribution is 5.84. The summed E-state index contributed by atoms with van der Waals surface area (Å²) in [5.41, 5.74) is 0. The van der Waals surface area contributed by atoms with E-state index in [0.717, 1.165) is 64.9 Å². The van der Waals surface area contributed by atoms with Gasteiger partial charge in [-0.1, -0.05) is 6.92 Å². The molecule has 1 atom stereocenters. The minimum atomic E-state index is 0.0395. The predicted molar refractivity (Wildman–Crippen MR) is 101 cm³/mol. The fourth-order valence-corrected chi connectivity index (χ4v) is 3.26. The Hall–Kier alpha value is -1.34. The number of ether oxygens (including phenoxy) is 1. The third kappa shape index (κ3) is 7.20. The number of aliphatic imine (C=N–C) groups is 1. The molecule has 0 spiro atoms. The number of amides is 1. The third-order valence-electron chi connectivity index (χ3n) is 4.86. The second-order valence-corrected chi connectivity index (χ2v) is 7.36. The van der Waals surface area contributed by atoms with E-state index in [4.69, 9.17) is 4.74 Å². The van der Waals surface area contributed by atoms with E-state index in [1.165, 1.54) is 12.8 Å². The fraction of sp³-hybridized carbons (Fsp3) is 0.889. The number of nitrogens with zero attached hydrogens (tertiary/aromatic N) is 4. The van der Waals surface area contributed by atoms with Crippen LogP contribution < -0.4 is 5.32 Å². The molecule has 0 radical (unpaired) electrons. The van der Waals surface area contributed by atoms with E-state index in [-0.39, 0.29) is 12.5 Å². The lowest BCUT2D eigenvalue weighted by molar-refractivity contribution is -0.127. The van der Waals surface area contributed by atoms with Crippen LogP contribution in [0, 0.1) is 5.92 Å². The van der Waals surface area contributed by atoms with Gasteiger partial charge in [-0.25, -0.2) is 4.99 Å². The summed E-state index contributed by atoms with van der Waals surface area (Å²) in [6, 6.07) is 0. The number of piperidine rings is 1. The minimum absolute atomic E-state index is 0.0395. The number of guanidine groups is 1. The molecule has 25 heavy (non-hydrogen) atoms. The molecule has 2 saturated heterocycles. The Morgan fingerprint density at radius 2 is 2.04 bits per heavy atom. The average Bonchev–Trinajstić information content (AvgIpc) is 2.61. The Morgan fingerprint density at radius 1 is 1.28 bits per heavy atom. The molecule has 0 saturated carbocycles. The highest BCUT2D eigenvalue weighted by Gasteiger charge is 2.20. The molecule has 1 N–H and O–H groups in total. The molecule has 0 aromatic heterocycles. The van der Waals surface area contributed by atoms with Crippen molar-refractivity contribution in [1.29, 1.82) is 0 Å². The van der Waals surface area contributed by atoms with Crippen molar-refractivity contribution in [2.24, 2.45) is 10.9 Å². The molecule has 7 nitrogen and oxygen atoms in total. The van der Waals surface area contributed by atoms with Gasteiger partial charge in [0.2, 0.25) is 5.91 Å². The van der Waals surface area contributed by atoms with Crippen LogP contribution in [-0.4, -0.2) is 99.7 Å². The van der Waals surface area contributed by atoms with Crippen molar-refractivity contribution in [1.82, 2.24) is 20.0 Å². The first-order valence-corrected chi connectivity index (χ1v) is 9.60. The second-order valence-electron chi connectivity index (χ2n) is 7.36. The highest BCUT2D eigenvalue weighted by Crippen LogP contribution is 2.15. The fourth-order valence-electron chi connectivity index (χ4n) is 3.26. The molecule has 7 heteroatoms. The Labute approximate surface area is 152 Å². The molecule has 2 heterocycles. The quantitative estimate of drug-likeness (QED) is 0.427. The van der Waals surface area contributed by atoms with Crippen LogP contribution in [0.4, 0.5) is 0 Å². The molecule has 0 aromatic carbocycles. The molecule has 1 amide bonds. The van der Waals surface area contributed by atoms with Gasteiger partial charge in [0, 0.05) is 46.8 Å². The van der Waals surface area contributed by atoms with Crippen molar-refractivity contribution < 1.29 is 9.53 Å². The van der Waals surface area contributed by atoms with Gasteiger partial charge in [-0.15, -0.1) is 0 Å². The summed E-state index contributed by atoms with van der Waals surface area (Å²) in [6.45, 7) is 10.3. The van der Waals surface area contributed by atoms with E-state index in [1.54, 1.807) is 19.0 Å². The maximum absolute atomic E-state index is 11.9. The minimum Gasteiger partial charge on any atom is -0.379 e. The maximum Gasteiger partial charge on any atom is 0.243 e. The Bertz CT molecular complexity index is 435. The summed E-state index contributed by atoms with van der Waals surface area (Å²) in [7, 11) is 3.55. The standard InChI is InChI=1S/C18H35N5O2/c1-16-6-4-9-23(15-16)18(20-14-17(24)21(2)3)19-7-5-8-22-10-12-25-13-11-22/h16H,4-15H2,1-3H3,(H,19,20). The van der Waals surface area contributed by atoms with Gasteiger partial charge in [0.25, 0.3) is 0 Å². The van der Waals surface area contributed by atoms with Crippen LogP contribution in [0.3, 0.4) is 0 Å². The van der Waals surface area contributed by atoms with Gasteiger partial charge in [0.1, 0.15) is 6.54 Å². The Kier molecular flexibility index (Phi) is 8.48. The molecule has 1 unspecified atom stereocenters. The number of carbonyl (C=O) groups is 1. The van der Waals surface area contributed by atoms with E-state index in [2.05, 4.69) is 27.0 Å². The second kappa shape index (κ2) is 10.6. The first-order chi connectivity index (χ1) is 12.1. The van der Waals surface area contributed by atoms with Crippen LogP contribution in [0.25, 0.3) is 0 Å². The normalized spacial score (nSPS) is 22.8. The Morgan fingerprint density at radius 3 is 2.72 bits per heavy atom. The number of carbonyl (C=O) groups excluding carboxylic acids is 1. The maximum atomic E-state index is 11.9. The topological polar surface area (TPSA) is 60.4 Å². The number of likely N-dealkylation sites (N-methyl/N-ethyl adjacent to an activating group) is 1. The lowest BCUT2D eigenvalue weighted by Crippen LogP contribution is -2.47. The van der Waals surface area contributed by atoms with E-state index in [0.29, 0.717) is 5.92 Å². The number of morpholine rings is 1. The van der Waals surface area contributed by atoms with E-state index in [9.17, 15) is 4.79 Å². The van der Waals surface area contributed by atoms with Gasteiger partial charge in [-0.2, -0.15) is 0 Å². The molecule has 2 aliphatic rings. The van der Waals surface area contributed by atoms with Gasteiger partial charge >= 0.3 is 0 Å². The third-order valence-corrected chi connectivity index (χ3v) is 4.86. The van der Waals surface area contributed by atoms with Crippen molar-refractivity contribution in [3.05, 3.63) is 0 Å². The van der Waals surface area contributed by atoms with Crippen LogP contribution in [-0.2, 0) is 9.53 Å². The first kappa shape index (κ1) is 20.0. The summed E-state index contributed by atoms with van der Waals surface area (Å²) >= 11 is 0. The van der Waals surface area contributed by atoms with Gasteiger partial charge in [-0.3, -0.25) is 9.69 Å². The number of nitrogens with one attached hydrogen (secondary N) is 1. The number of likely N-dealkylation sites (tertiary alicyclic amines) is 1. The zero-order valence-electron chi connectivity index (χ0n) is 16.2. The van der Waals surface area contributed by atoms with Gasteiger partial charge in [0.05, 0.1) is 13.2 Å². The van der Waals surface area contributed by atoms with Crippen molar-refractivity contribution >= 4 is 11.9 Å². The highest BCUT2D eigenvalue weighted by atomic mass is 16.5. The molecule has 0 bridgehead atoms. The first-order valence-electron chi connectivity index (χ1n) is 9.60. The predicted octanol–water partition coefficient (Wildman–Crippen LogP) is 0.474. The summed E-state index contributed by atoms with van der Waals surface area (Å²) in [6.07, 6.45) is 3.54. The number of hydrogen-bond acceptors (Lipinski definition) is 4. The lowest BCUT2D eigenvalue weighted by atomic mass is 10.0. The van der Waals surface area contributed by atoms with E-state index in [1.807, 2.05) is 0 Å². The van der Waals surface area contributed by atoms with Crippen LogP contribution >= 0.6 is 0 Å². The summed E-state index contributed by atoms with van der Waals surface area (Å²) in [5, 5.41) is 3.49. The molecule has 2 rings (SSSR count). The molecule has 144 valence electrons. The Balaban J connectivity index is 1.82. The SMILES string of the molecule is CC1CCCN(C(=NCC(=O)N(C)C)NCCCN2CCOCC2)C1. The van der Waals surface area contributed by atoms with E-state index < -0.39 is 0 Å². The lowest BCUT2D eigenvalue weighted by Gasteiger charge is -2.34. The zero-order valence-corrected chi connectivity index (χ0v) is 16.2. The summed E-state index contributed by atoms with van der Waals surface area (Å²) in [5.74, 6) is 1.61. The van der Waals surface area contributed by atoms with Gasteiger partial charge in [0.15, 0.2) is 5.96 Å². The number of hydrogen-bond donors (Lipinski definition) is 1. The van der Waals surface area contributed by atoms with Crippen LogP contribution in [0.1, 0.15) is 26.2 Å². The molecule has 2 aliphatic heterocycles. The van der Waals surface area contributed by atoms with E-state index >= 15 is 0 Å². The average molecular weight is 354 g/mol. The van der Waals surface area contributed by atoms with Crippen LogP contribution in [0.2, 0.25) is 0 Å². The monoisotopic (exact) mass is 353 g/mol. The largest absolute Gasteiger partial charge is 0.379 e. The molecular formula is C18H35N5O2. The molecule has 0 aliphatic carbocycles. The van der Waals surface area contributed by atoms with Gasteiger partial charge in [-0.05, 0) is 31.7 Å². The summed E-state index contributed by atoms with van der Waals surface area (Å²) in [4.78, 5) is 22.8. The molecule has 0 aromatic rings. The van der Waals surface area contributed by atoms with Crippen LogP contribution in [0.5, 0.6) is 0 Å². The van der Waals surface area contributed by atoms with Gasteiger partial charge < -0.3 is 19.9 Å². The molecule has 2 fully saturated rings. The summed E-state index contributed by atoms with van der Waals surface area (Å²) < 4.78 is 5.39. The van der Waals surface area contributed by atoms with Crippen molar-refractivity contribution in [3.63, 3.8) is 0 Å². The van der Waals surface area contributed by atoms with Crippen molar-refractivity contribution in [3.8, 4) is 0 Å². The smallest absolute Gasteiger partial charge is 0.243 e.